The second kappa shape index (κ2) is 7.31. The van der Waals surface area contributed by atoms with Gasteiger partial charge in [0.05, 0.1) is 10.7 Å². The lowest BCUT2D eigenvalue weighted by molar-refractivity contribution is 0.262. The highest BCUT2D eigenvalue weighted by atomic mass is 35.5. The normalized spacial score (nSPS) is 10.2. The molecule has 2 amide bonds. The van der Waals surface area contributed by atoms with E-state index in [1.54, 1.807) is 18.2 Å². The Kier molecular flexibility index (Phi) is 5.44. The topological polar surface area (TPSA) is 53.2 Å². The summed E-state index contributed by atoms with van der Waals surface area (Å²) in [6.45, 7) is 0.661. The van der Waals surface area contributed by atoms with Gasteiger partial charge in [-0.2, -0.15) is 0 Å². The van der Waals surface area contributed by atoms with Crippen molar-refractivity contribution in [2.24, 2.45) is 0 Å². The number of anilines is 2. The zero-order valence-corrected chi connectivity index (χ0v) is 12.9. The maximum atomic E-state index is 12.1. The third kappa shape index (κ3) is 4.36. The maximum Gasteiger partial charge on any atom is 0.323 e. The molecule has 0 aliphatic heterocycles. The van der Waals surface area contributed by atoms with Crippen LogP contribution in [0.4, 0.5) is 16.2 Å². The minimum atomic E-state index is -0.372. The summed E-state index contributed by atoms with van der Waals surface area (Å²) in [6, 6.07) is 12.1. The number of nitrogens with one attached hydrogen (secondary N) is 3. The van der Waals surface area contributed by atoms with E-state index >= 15 is 0 Å². The Morgan fingerprint density at radius 3 is 2.52 bits per heavy atom. The van der Waals surface area contributed by atoms with Crippen LogP contribution in [0.2, 0.25) is 10.0 Å². The average Bonchev–Trinajstić information content (AvgIpc) is 2.45. The first-order chi connectivity index (χ1) is 10.1. The second-order valence-corrected chi connectivity index (χ2v) is 5.23. The molecule has 0 aliphatic carbocycles. The number of amides is 2. The predicted molar refractivity (Wildman–Crippen MR) is 88.3 cm³/mol. The highest BCUT2D eigenvalue weighted by molar-refractivity contribution is 6.35. The molecule has 0 aliphatic rings. The molecule has 3 N–H and O–H groups in total. The van der Waals surface area contributed by atoms with E-state index in [1.165, 1.54) is 0 Å². The summed E-state index contributed by atoms with van der Waals surface area (Å²) in [4.78, 5) is 12.1. The lowest BCUT2D eigenvalue weighted by Crippen LogP contribution is -2.21. The summed E-state index contributed by atoms with van der Waals surface area (Å²) in [5.74, 6) is 0. The molecule has 2 aromatic rings. The molecule has 6 heteroatoms. The Balaban J connectivity index is 2.10. The van der Waals surface area contributed by atoms with Gasteiger partial charge in [0.15, 0.2) is 0 Å². The van der Waals surface area contributed by atoms with Crippen LogP contribution in [0.15, 0.2) is 42.5 Å². The molecule has 0 radical (unpaired) electrons. The molecule has 2 rings (SSSR count). The Labute approximate surface area is 133 Å². The number of halogens is 2. The summed E-state index contributed by atoms with van der Waals surface area (Å²) >= 11 is 11.9. The van der Waals surface area contributed by atoms with Crippen LogP contribution < -0.4 is 16.0 Å². The largest absolute Gasteiger partial charge is 0.323 e. The van der Waals surface area contributed by atoms with Crippen LogP contribution in [0.5, 0.6) is 0 Å². The summed E-state index contributed by atoms with van der Waals surface area (Å²) in [5, 5.41) is 9.47. The molecular weight excluding hydrogens is 309 g/mol. The van der Waals surface area contributed by atoms with E-state index in [1.807, 2.05) is 31.3 Å². The van der Waals surface area contributed by atoms with Gasteiger partial charge in [0, 0.05) is 17.3 Å². The van der Waals surface area contributed by atoms with Crippen LogP contribution in [0.3, 0.4) is 0 Å². The van der Waals surface area contributed by atoms with Crippen LogP contribution in [-0.4, -0.2) is 13.1 Å². The van der Waals surface area contributed by atoms with Crippen molar-refractivity contribution >= 4 is 40.6 Å². The van der Waals surface area contributed by atoms with Gasteiger partial charge in [-0.15, -0.1) is 0 Å². The van der Waals surface area contributed by atoms with Gasteiger partial charge < -0.3 is 16.0 Å². The third-order valence-electron chi connectivity index (χ3n) is 2.81. The fraction of sp³-hybridized carbons (Fsp3) is 0.133. The van der Waals surface area contributed by atoms with Crippen molar-refractivity contribution < 1.29 is 4.79 Å². The van der Waals surface area contributed by atoms with Crippen molar-refractivity contribution in [1.82, 2.24) is 5.32 Å². The minimum absolute atomic E-state index is 0.372. The number of benzene rings is 2. The number of carbonyl (C=O) groups is 1. The molecule has 0 saturated heterocycles. The van der Waals surface area contributed by atoms with Gasteiger partial charge in [-0.25, -0.2) is 4.79 Å². The summed E-state index contributed by atoms with van der Waals surface area (Å²) in [6.07, 6.45) is 0. The van der Waals surface area contributed by atoms with Crippen LogP contribution in [0.1, 0.15) is 5.56 Å². The monoisotopic (exact) mass is 323 g/mol. The molecule has 2 aromatic carbocycles. The van der Waals surface area contributed by atoms with Crippen LogP contribution in [-0.2, 0) is 6.54 Å². The molecule has 0 fully saturated rings. The van der Waals surface area contributed by atoms with Crippen LogP contribution >= 0.6 is 23.2 Å². The maximum absolute atomic E-state index is 12.1. The molecule has 0 atom stereocenters. The second-order valence-electron chi connectivity index (χ2n) is 4.39. The number of hydrogen-bond donors (Lipinski definition) is 3. The molecule has 110 valence electrons. The van der Waals surface area contributed by atoms with Crippen molar-refractivity contribution in [3.8, 4) is 0 Å². The van der Waals surface area contributed by atoms with Gasteiger partial charge in [0.2, 0.25) is 0 Å². The van der Waals surface area contributed by atoms with E-state index in [4.69, 9.17) is 23.2 Å². The molecule has 0 heterocycles. The van der Waals surface area contributed by atoms with E-state index in [0.29, 0.717) is 22.3 Å². The van der Waals surface area contributed by atoms with Crippen molar-refractivity contribution in [2.75, 3.05) is 17.7 Å². The summed E-state index contributed by atoms with van der Waals surface area (Å²) in [5.41, 5.74) is 2.20. The Hall–Kier alpha value is -1.75. The van der Waals surface area contributed by atoms with Crippen molar-refractivity contribution in [3.05, 3.63) is 58.1 Å². The first kappa shape index (κ1) is 15.6. The van der Waals surface area contributed by atoms with Gasteiger partial charge >= 0.3 is 6.03 Å². The lowest BCUT2D eigenvalue weighted by Gasteiger charge is -2.12. The zero-order chi connectivity index (χ0) is 15.2. The van der Waals surface area contributed by atoms with E-state index < -0.39 is 0 Å². The van der Waals surface area contributed by atoms with Gasteiger partial charge in [-0.1, -0.05) is 41.4 Å². The van der Waals surface area contributed by atoms with Crippen molar-refractivity contribution in [3.63, 3.8) is 0 Å². The molecule has 0 saturated carbocycles. The molecule has 0 aromatic heterocycles. The van der Waals surface area contributed by atoms with Crippen LogP contribution in [0, 0.1) is 0 Å². The Morgan fingerprint density at radius 2 is 1.76 bits per heavy atom. The fourth-order valence-electron chi connectivity index (χ4n) is 1.86. The van der Waals surface area contributed by atoms with E-state index in [9.17, 15) is 4.79 Å². The molecule has 21 heavy (non-hydrogen) atoms. The van der Waals surface area contributed by atoms with E-state index in [-0.39, 0.29) is 6.03 Å². The van der Waals surface area contributed by atoms with E-state index in [0.717, 1.165) is 11.3 Å². The highest BCUT2D eigenvalue weighted by Gasteiger charge is 2.08. The smallest absolute Gasteiger partial charge is 0.316 e. The Bertz CT molecular complexity index is 647. The van der Waals surface area contributed by atoms with Crippen molar-refractivity contribution in [1.29, 1.82) is 0 Å². The first-order valence-electron chi connectivity index (χ1n) is 6.35. The molecule has 4 nitrogen and oxygen atoms in total. The van der Waals surface area contributed by atoms with E-state index in [2.05, 4.69) is 16.0 Å². The summed E-state index contributed by atoms with van der Waals surface area (Å²) in [7, 11) is 1.85. The first-order valence-corrected chi connectivity index (χ1v) is 7.11. The molecule has 0 spiro atoms. The summed E-state index contributed by atoms with van der Waals surface area (Å²) < 4.78 is 0. The number of urea groups is 1. The fourth-order valence-corrected chi connectivity index (χ4v) is 2.19. The SMILES string of the molecule is CNCc1ccccc1NC(=O)Nc1cc(Cl)ccc1Cl. The standard InChI is InChI=1S/C15H15Cl2N3O/c1-18-9-10-4-2-3-5-13(10)19-15(21)20-14-8-11(16)6-7-12(14)17/h2-8,18H,9H2,1H3,(H2,19,20,21). The van der Waals surface area contributed by atoms with Gasteiger partial charge in [-0.3, -0.25) is 0 Å². The number of carbonyl (C=O) groups excluding carboxylic acids is 1. The average molecular weight is 324 g/mol. The van der Waals surface area contributed by atoms with Gasteiger partial charge in [-0.05, 0) is 36.9 Å². The predicted octanol–water partition coefficient (Wildman–Crippen LogP) is 4.36. The lowest BCUT2D eigenvalue weighted by atomic mass is 10.2. The number of hydrogen-bond acceptors (Lipinski definition) is 2. The van der Waals surface area contributed by atoms with Gasteiger partial charge in [0.25, 0.3) is 0 Å². The molecular formula is C15H15Cl2N3O. The Morgan fingerprint density at radius 1 is 1.05 bits per heavy atom. The number of rotatable bonds is 4. The van der Waals surface area contributed by atoms with Crippen LogP contribution in [0.25, 0.3) is 0 Å². The third-order valence-corrected chi connectivity index (χ3v) is 3.37. The van der Waals surface area contributed by atoms with Gasteiger partial charge in [0.1, 0.15) is 0 Å². The number of para-hydroxylation sites is 1. The quantitative estimate of drug-likeness (QED) is 0.783. The molecule has 0 bridgehead atoms. The van der Waals surface area contributed by atoms with Crippen molar-refractivity contribution in [2.45, 2.75) is 6.54 Å². The molecule has 0 unspecified atom stereocenters. The minimum Gasteiger partial charge on any atom is -0.316 e. The zero-order valence-electron chi connectivity index (χ0n) is 11.4. The highest BCUT2D eigenvalue weighted by Crippen LogP contribution is 2.25.